The highest BCUT2D eigenvalue weighted by Crippen LogP contribution is 2.37. The van der Waals surface area contributed by atoms with E-state index in [1.54, 1.807) is 0 Å². The number of aromatic amines is 1. The van der Waals surface area contributed by atoms with Crippen LogP contribution < -0.4 is 5.32 Å². The van der Waals surface area contributed by atoms with Gasteiger partial charge in [-0.1, -0.05) is 0 Å². The minimum absolute atomic E-state index is 0.0272. The molecule has 1 aliphatic rings. The maximum Gasteiger partial charge on any atom is 0.296 e. The molecular weight excluding hydrogens is 278 g/mol. The number of benzene rings is 1. The van der Waals surface area contributed by atoms with Crippen molar-refractivity contribution in [1.29, 1.82) is 0 Å². The lowest BCUT2D eigenvalue weighted by atomic mass is 10.2. The summed E-state index contributed by atoms with van der Waals surface area (Å²) in [7, 11) is 0. The SMILES string of the molecule is O=C(Nc1ccc(O)cc1[N+](=O)[O-])c1n[nH]c(C2CC2)n1. The third-order valence-corrected chi connectivity index (χ3v) is 3.10. The smallest absolute Gasteiger partial charge is 0.296 e. The number of aromatic hydroxyl groups is 1. The number of phenolic OH excluding ortho intramolecular Hbond substituents is 1. The van der Waals surface area contributed by atoms with Gasteiger partial charge in [0, 0.05) is 5.92 Å². The lowest BCUT2D eigenvalue weighted by Crippen LogP contribution is -2.14. The molecule has 3 N–H and O–H groups in total. The van der Waals surface area contributed by atoms with Crippen LogP contribution >= 0.6 is 0 Å². The molecule has 0 radical (unpaired) electrons. The summed E-state index contributed by atoms with van der Waals surface area (Å²) in [4.78, 5) is 26.3. The van der Waals surface area contributed by atoms with Crippen LogP contribution in [-0.2, 0) is 0 Å². The Morgan fingerprint density at radius 1 is 1.48 bits per heavy atom. The Morgan fingerprint density at radius 3 is 2.90 bits per heavy atom. The number of nitrogens with zero attached hydrogens (tertiary/aromatic N) is 3. The predicted octanol–water partition coefficient (Wildman–Crippen LogP) is 1.55. The largest absolute Gasteiger partial charge is 0.508 e. The second-order valence-electron chi connectivity index (χ2n) is 4.73. The van der Waals surface area contributed by atoms with Gasteiger partial charge in [0.15, 0.2) is 0 Å². The number of H-pyrrole nitrogens is 1. The summed E-state index contributed by atoms with van der Waals surface area (Å²) >= 11 is 0. The highest BCUT2D eigenvalue weighted by atomic mass is 16.6. The first-order chi connectivity index (χ1) is 10.0. The summed E-state index contributed by atoms with van der Waals surface area (Å²) in [5, 5.41) is 29.0. The van der Waals surface area contributed by atoms with Gasteiger partial charge in [-0.15, -0.1) is 5.10 Å². The van der Waals surface area contributed by atoms with E-state index in [2.05, 4.69) is 20.5 Å². The molecule has 0 aliphatic heterocycles. The topological polar surface area (TPSA) is 134 Å². The van der Waals surface area contributed by atoms with Crippen LogP contribution in [0, 0.1) is 10.1 Å². The zero-order valence-electron chi connectivity index (χ0n) is 10.7. The van der Waals surface area contributed by atoms with Crippen molar-refractivity contribution in [2.24, 2.45) is 0 Å². The Hall–Kier alpha value is -2.97. The van der Waals surface area contributed by atoms with Gasteiger partial charge in [-0.25, -0.2) is 4.98 Å². The van der Waals surface area contributed by atoms with Gasteiger partial charge in [0.2, 0.25) is 5.82 Å². The Balaban J connectivity index is 1.81. The van der Waals surface area contributed by atoms with Crippen molar-refractivity contribution in [1.82, 2.24) is 15.2 Å². The molecule has 3 rings (SSSR count). The average molecular weight is 289 g/mol. The van der Waals surface area contributed by atoms with Gasteiger partial charge in [0.25, 0.3) is 11.6 Å². The number of hydrogen-bond acceptors (Lipinski definition) is 6. The number of hydrogen-bond donors (Lipinski definition) is 3. The number of nitro benzene ring substituents is 1. The van der Waals surface area contributed by atoms with E-state index in [0.717, 1.165) is 18.9 Å². The van der Waals surface area contributed by atoms with Gasteiger partial charge in [-0.2, -0.15) is 0 Å². The monoisotopic (exact) mass is 289 g/mol. The molecule has 9 heteroatoms. The van der Waals surface area contributed by atoms with Gasteiger partial charge >= 0.3 is 0 Å². The van der Waals surface area contributed by atoms with Crippen LogP contribution in [0.4, 0.5) is 11.4 Å². The molecule has 1 aromatic heterocycles. The lowest BCUT2D eigenvalue weighted by molar-refractivity contribution is -0.384. The van der Waals surface area contributed by atoms with Crippen molar-refractivity contribution in [3.63, 3.8) is 0 Å². The molecule has 1 aliphatic carbocycles. The number of amides is 1. The number of aromatic nitrogens is 3. The van der Waals surface area contributed by atoms with Crippen molar-refractivity contribution >= 4 is 17.3 Å². The van der Waals surface area contributed by atoms with Crippen molar-refractivity contribution in [2.45, 2.75) is 18.8 Å². The normalized spacial score (nSPS) is 13.9. The highest BCUT2D eigenvalue weighted by molar-refractivity contribution is 6.02. The minimum atomic E-state index is -0.692. The fraction of sp³-hybridized carbons (Fsp3) is 0.250. The van der Waals surface area contributed by atoms with Crippen molar-refractivity contribution in [3.8, 4) is 5.75 Å². The highest BCUT2D eigenvalue weighted by Gasteiger charge is 2.28. The third-order valence-electron chi connectivity index (χ3n) is 3.10. The molecule has 0 unspecified atom stereocenters. The molecule has 1 saturated carbocycles. The zero-order valence-corrected chi connectivity index (χ0v) is 10.7. The van der Waals surface area contributed by atoms with Crippen LogP contribution in [0.3, 0.4) is 0 Å². The third kappa shape index (κ3) is 2.66. The second-order valence-corrected chi connectivity index (χ2v) is 4.73. The van der Waals surface area contributed by atoms with E-state index in [1.165, 1.54) is 12.1 Å². The molecule has 1 amide bonds. The molecular formula is C12H11N5O4. The second kappa shape index (κ2) is 4.85. The number of nitrogens with one attached hydrogen (secondary N) is 2. The number of anilines is 1. The van der Waals surface area contributed by atoms with E-state index in [9.17, 15) is 20.0 Å². The lowest BCUT2D eigenvalue weighted by Gasteiger charge is -2.04. The Morgan fingerprint density at radius 2 is 2.24 bits per heavy atom. The summed E-state index contributed by atoms with van der Waals surface area (Å²) in [5.74, 6) is 0.00207. The zero-order chi connectivity index (χ0) is 15.0. The fourth-order valence-corrected chi connectivity index (χ4v) is 1.87. The number of nitro groups is 1. The van der Waals surface area contributed by atoms with Crippen LogP contribution in [0.25, 0.3) is 0 Å². The standard InChI is InChI=1S/C12H11N5O4/c18-7-3-4-8(9(5-7)17(20)21)13-12(19)11-14-10(15-16-11)6-1-2-6/h3-6,18H,1-2H2,(H,13,19)(H,14,15,16). The summed E-state index contributed by atoms with van der Waals surface area (Å²) < 4.78 is 0. The first-order valence-corrected chi connectivity index (χ1v) is 6.25. The molecule has 2 aromatic rings. The van der Waals surface area contributed by atoms with Gasteiger partial charge in [-0.05, 0) is 25.0 Å². The number of carbonyl (C=O) groups is 1. The maximum absolute atomic E-state index is 12.0. The van der Waals surface area contributed by atoms with Crippen LogP contribution in [0.5, 0.6) is 5.75 Å². The van der Waals surface area contributed by atoms with Crippen LogP contribution in [0.15, 0.2) is 18.2 Å². The molecule has 0 atom stereocenters. The van der Waals surface area contributed by atoms with Crippen LogP contribution in [0.1, 0.15) is 35.2 Å². The summed E-state index contributed by atoms with van der Waals surface area (Å²) in [6.07, 6.45) is 2.03. The van der Waals surface area contributed by atoms with Gasteiger partial charge in [0.05, 0.1) is 11.0 Å². The van der Waals surface area contributed by atoms with Gasteiger partial charge in [-0.3, -0.25) is 20.0 Å². The molecule has 0 spiro atoms. The van der Waals surface area contributed by atoms with E-state index >= 15 is 0 Å². The predicted molar refractivity (Wildman–Crippen MR) is 71.1 cm³/mol. The van der Waals surface area contributed by atoms with Crippen molar-refractivity contribution in [2.75, 3.05) is 5.32 Å². The molecule has 9 nitrogen and oxygen atoms in total. The number of phenols is 1. The summed E-state index contributed by atoms with van der Waals surface area (Å²) in [6.45, 7) is 0. The Labute approximate surface area is 118 Å². The van der Waals surface area contributed by atoms with E-state index in [1.807, 2.05) is 0 Å². The molecule has 1 aromatic carbocycles. The molecule has 1 heterocycles. The van der Waals surface area contributed by atoms with Crippen molar-refractivity contribution < 1.29 is 14.8 Å². The van der Waals surface area contributed by atoms with E-state index < -0.39 is 16.5 Å². The number of rotatable bonds is 4. The summed E-state index contributed by atoms with van der Waals surface area (Å²) in [6, 6.07) is 3.46. The molecule has 108 valence electrons. The van der Waals surface area contributed by atoms with Crippen LogP contribution in [-0.4, -0.2) is 31.1 Å². The van der Waals surface area contributed by atoms with E-state index in [0.29, 0.717) is 11.7 Å². The van der Waals surface area contributed by atoms with E-state index in [-0.39, 0.29) is 17.3 Å². The number of carbonyl (C=O) groups excluding carboxylic acids is 1. The van der Waals surface area contributed by atoms with Gasteiger partial charge < -0.3 is 10.4 Å². The molecule has 1 fully saturated rings. The minimum Gasteiger partial charge on any atom is -0.508 e. The molecule has 0 saturated heterocycles. The molecule has 0 bridgehead atoms. The fourth-order valence-electron chi connectivity index (χ4n) is 1.87. The average Bonchev–Trinajstić information content (AvgIpc) is 3.18. The van der Waals surface area contributed by atoms with Crippen LogP contribution in [0.2, 0.25) is 0 Å². The van der Waals surface area contributed by atoms with Crippen molar-refractivity contribution in [3.05, 3.63) is 40.0 Å². The quantitative estimate of drug-likeness (QED) is 0.444. The van der Waals surface area contributed by atoms with E-state index in [4.69, 9.17) is 0 Å². The first-order valence-electron chi connectivity index (χ1n) is 6.25. The Bertz CT molecular complexity index is 722. The first kappa shape index (κ1) is 13.0. The molecule has 21 heavy (non-hydrogen) atoms. The summed E-state index contributed by atoms with van der Waals surface area (Å²) in [5.41, 5.74) is -0.429. The Kier molecular flexibility index (Phi) is 3.01. The maximum atomic E-state index is 12.0. The van der Waals surface area contributed by atoms with Gasteiger partial charge in [0.1, 0.15) is 17.3 Å².